The highest BCUT2D eigenvalue weighted by atomic mass is 16.2. The SMILES string of the molecule is CC(Cn1ccnc1)NC(=O)C1CC(=O)N(C2CC2)C1. The van der Waals surface area contributed by atoms with Gasteiger partial charge in [-0.25, -0.2) is 4.98 Å². The molecule has 1 saturated heterocycles. The largest absolute Gasteiger partial charge is 0.352 e. The molecular weight excluding hydrogens is 256 g/mol. The maximum absolute atomic E-state index is 12.2. The Balaban J connectivity index is 1.50. The van der Waals surface area contributed by atoms with Crippen LogP contribution in [0.4, 0.5) is 0 Å². The van der Waals surface area contributed by atoms with E-state index in [2.05, 4.69) is 10.3 Å². The van der Waals surface area contributed by atoms with Gasteiger partial charge in [0.05, 0.1) is 12.2 Å². The minimum atomic E-state index is -0.187. The van der Waals surface area contributed by atoms with Gasteiger partial charge in [-0.2, -0.15) is 0 Å². The molecule has 6 nitrogen and oxygen atoms in total. The molecule has 2 unspecified atom stereocenters. The first-order valence-corrected chi connectivity index (χ1v) is 7.19. The van der Waals surface area contributed by atoms with Crippen LogP contribution in [0.3, 0.4) is 0 Å². The number of nitrogens with one attached hydrogen (secondary N) is 1. The van der Waals surface area contributed by atoms with Crippen LogP contribution < -0.4 is 5.32 Å². The Morgan fingerprint density at radius 3 is 3.00 bits per heavy atom. The fourth-order valence-corrected chi connectivity index (χ4v) is 2.76. The van der Waals surface area contributed by atoms with Gasteiger partial charge in [0.2, 0.25) is 11.8 Å². The van der Waals surface area contributed by atoms with Gasteiger partial charge < -0.3 is 14.8 Å². The average molecular weight is 276 g/mol. The van der Waals surface area contributed by atoms with Crippen molar-refractivity contribution in [1.29, 1.82) is 0 Å². The van der Waals surface area contributed by atoms with Crippen LogP contribution in [0, 0.1) is 5.92 Å². The van der Waals surface area contributed by atoms with E-state index in [1.807, 2.05) is 22.6 Å². The predicted octanol–water partition coefficient (Wildman–Crippen LogP) is 0.399. The molecule has 0 aromatic carbocycles. The van der Waals surface area contributed by atoms with Crippen LogP contribution in [-0.2, 0) is 16.1 Å². The second-order valence-corrected chi connectivity index (χ2v) is 5.85. The number of rotatable bonds is 5. The Morgan fingerprint density at radius 1 is 1.55 bits per heavy atom. The van der Waals surface area contributed by atoms with E-state index in [1.54, 1.807) is 12.5 Å². The molecule has 6 heteroatoms. The number of nitrogens with zero attached hydrogens (tertiary/aromatic N) is 3. The second-order valence-electron chi connectivity index (χ2n) is 5.85. The van der Waals surface area contributed by atoms with Crippen molar-refractivity contribution in [2.24, 2.45) is 5.92 Å². The molecule has 1 N–H and O–H groups in total. The number of hydrogen-bond acceptors (Lipinski definition) is 3. The summed E-state index contributed by atoms with van der Waals surface area (Å²) in [5.74, 6) is -0.0580. The number of amides is 2. The first-order valence-electron chi connectivity index (χ1n) is 7.19. The van der Waals surface area contributed by atoms with Crippen LogP contribution >= 0.6 is 0 Å². The highest BCUT2D eigenvalue weighted by Crippen LogP contribution is 2.32. The highest BCUT2D eigenvalue weighted by Gasteiger charge is 2.41. The Morgan fingerprint density at radius 2 is 2.35 bits per heavy atom. The summed E-state index contributed by atoms with van der Waals surface area (Å²) in [7, 11) is 0. The zero-order chi connectivity index (χ0) is 14.1. The lowest BCUT2D eigenvalue weighted by molar-refractivity contribution is -0.129. The number of likely N-dealkylation sites (tertiary alicyclic amines) is 1. The molecule has 0 bridgehead atoms. The fourth-order valence-electron chi connectivity index (χ4n) is 2.76. The van der Waals surface area contributed by atoms with E-state index in [0.29, 0.717) is 25.6 Å². The average Bonchev–Trinajstić information content (AvgIpc) is 2.97. The molecule has 2 fully saturated rings. The summed E-state index contributed by atoms with van der Waals surface area (Å²) in [6, 6.07) is 0.436. The maximum atomic E-state index is 12.2. The Bertz CT molecular complexity index is 495. The lowest BCUT2D eigenvalue weighted by Crippen LogP contribution is -2.40. The Kier molecular flexibility index (Phi) is 3.46. The highest BCUT2D eigenvalue weighted by molar-refractivity contribution is 5.89. The van der Waals surface area contributed by atoms with Crippen molar-refractivity contribution in [2.45, 2.75) is 44.8 Å². The van der Waals surface area contributed by atoms with E-state index >= 15 is 0 Å². The summed E-state index contributed by atoms with van der Waals surface area (Å²) in [5.41, 5.74) is 0. The predicted molar refractivity (Wildman–Crippen MR) is 72.7 cm³/mol. The molecule has 2 amide bonds. The fraction of sp³-hybridized carbons (Fsp3) is 0.643. The first-order chi connectivity index (χ1) is 9.63. The lowest BCUT2D eigenvalue weighted by atomic mass is 10.1. The smallest absolute Gasteiger partial charge is 0.225 e. The zero-order valence-electron chi connectivity index (χ0n) is 11.7. The molecule has 1 aliphatic carbocycles. The number of aromatic nitrogens is 2. The van der Waals surface area contributed by atoms with E-state index in [4.69, 9.17) is 0 Å². The van der Waals surface area contributed by atoms with Crippen LogP contribution in [0.2, 0.25) is 0 Å². The van der Waals surface area contributed by atoms with Crippen LogP contribution in [0.5, 0.6) is 0 Å². The molecule has 3 rings (SSSR count). The van der Waals surface area contributed by atoms with E-state index in [1.165, 1.54) is 0 Å². The van der Waals surface area contributed by atoms with Gasteiger partial charge in [0.15, 0.2) is 0 Å². The van der Waals surface area contributed by atoms with Crippen molar-refractivity contribution in [3.63, 3.8) is 0 Å². The summed E-state index contributed by atoms with van der Waals surface area (Å²) in [6.45, 7) is 3.25. The quantitative estimate of drug-likeness (QED) is 0.846. The number of carbonyl (C=O) groups excluding carboxylic acids is 2. The molecule has 20 heavy (non-hydrogen) atoms. The van der Waals surface area contributed by atoms with Crippen LogP contribution in [0.15, 0.2) is 18.7 Å². The van der Waals surface area contributed by atoms with Crippen LogP contribution in [-0.4, -0.2) is 44.9 Å². The number of hydrogen-bond donors (Lipinski definition) is 1. The molecule has 0 spiro atoms. The lowest BCUT2D eigenvalue weighted by Gasteiger charge is -2.18. The molecule has 2 atom stereocenters. The van der Waals surface area contributed by atoms with Crippen molar-refractivity contribution in [3.05, 3.63) is 18.7 Å². The molecule has 108 valence electrons. The van der Waals surface area contributed by atoms with Crippen molar-refractivity contribution in [2.75, 3.05) is 6.54 Å². The molecule has 1 aromatic heterocycles. The molecule has 0 radical (unpaired) electrons. The van der Waals surface area contributed by atoms with Gasteiger partial charge >= 0.3 is 0 Å². The second kappa shape index (κ2) is 5.26. The van der Waals surface area contributed by atoms with Gasteiger partial charge in [-0.3, -0.25) is 9.59 Å². The Labute approximate surface area is 118 Å². The van der Waals surface area contributed by atoms with Crippen molar-refractivity contribution >= 4 is 11.8 Å². The van der Waals surface area contributed by atoms with Crippen molar-refractivity contribution in [1.82, 2.24) is 19.8 Å². The molecule has 2 heterocycles. The number of carbonyl (C=O) groups is 2. The zero-order valence-corrected chi connectivity index (χ0v) is 11.7. The number of imidazole rings is 1. The van der Waals surface area contributed by atoms with E-state index in [-0.39, 0.29) is 23.8 Å². The van der Waals surface area contributed by atoms with E-state index in [9.17, 15) is 9.59 Å². The van der Waals surface area contributed by atoms with Gasteiger partial charge in [0.25, 0.3) is 0 Å². The monoisotopic (exact) mass is 276 g/mol. The third kappa shape index (κ3) is 2.84. The summed E-state index contributed by atoms with van der Waals surface area (Å²) in [5, 5.41) is 2.99. The summed E-state index contributed by atoms with van der Waals surface area (Å²) in [4.78, 5) is 29.9. The van der Waals surface area contributed by atoms with Gasteiger partial charge in [-0.15, -0.1) is 0 Å². The first kappa shape index (κ1) is 13.1. The van der Waals surface area contributed by atoms with Gasteiger partial charge in [-0.1, -0.05) is 0 Å². The van der Waals surface area contributed by atoms with Gasteiger partial charge in [0, 0.05) is 44.0 Å². The molecule has 1 saturated carbocycles. The molecule has 1 aliphatic heterocycles. The topological polar surface area (TPSA) is 67.2 Å². The van der Waals surface area contributed by atoms with E-state index in [0.717, 1.165) is 12.8 Å². The van der Waals surface area contributed by atoms with Gasteiger partial charge in [-0.05, 0) is 19.8 Å². The standard InChI is InChI=1S/C14H20N4O2/c1-10(7-17-5-4-15-9-17)16-14(20)11-6-13(19)18(8-11)12-2-3-12/h4-5,9-12H,2-3,6-8H2,1H3,(H,16,20). The van der Waals surface area contributed by atoms with Crippen molar-refractivity contribution < 1.29 is 9.59 Å². The maximum Gasteiger partial charge on any atom is 0.225 e. The van der Waals surface area contributed by atoms with E-state index < -0.39 is 0 Å². The third-order valence-corrected chi connectivity index (χ3v) is 3.95. The molecule has 1 aromatic rings. The minimum absolute atomic E-state index is 0.00545. The normalized spacial score (nSPS) is 23.9. The Hall–Kier alpha value is -1.85. The minimum Gasteiger partial charge on any atom is -0.352 e. The van der Waals surface area contributed by atoms with Gasteiger partial charge in [0.1, 0.15) is 0 Å². The van der Waals surface area contributed by atoms with Crippen molar-refractivity contribution in [3.8, 4) is 0 Å². The van der Waals surface area contributed by atoms with Crippen LogP contribution in [0.25, 0.3) is 0 Å². The van der Waals surface area contributed by atoms with Crippen LogP contribution in [0.1, 0.15) is 26.2 Å². The molecular formula is C14H20N4O2. The molecule has 2 aliphatic rings. The summed E-state index contributed by atoms with van der Waals surface area (Å²) >= 11 is 0. The summed E-state index contributed by atoms with van der Waals surface area (Å²) < 4.78 is 1.93. The summed E-state index contributed by atoms with van der Waals surface area (Å²) in [6.07, 6.45) is 7.87. The third-order valence-electron chi connectivity index (χ3n) is 3.95.